The summed E-state index contributed by atoms with van der Waals surface area (Å²) in [7, 11) is 0. The number of anilines is 1. The third-order valence-electron chi connectivity index (χ3n) is 3.22. The molecule has 5 heteroatoms. The third-order valence-corrected chi connectivity index (χ3v) is 3.22. The van der Waals surface area contributed by atoms with Crippen LogP contribution in [0, 0.1) is 0 Å². The lowest BCUT2D eigenvalue weighted by Gasteiger charge is -2.04. The van der Waals surface area contributed by atoms with E-state index in [1.807, 2.05) is 18.2 Å². The van der Waals surface area contributed by atoms with Gasteiger partial charge in [0.2, 0.25) is 0 Å². The normalized spacial score (nSPS) is 11.1. The first-order chi connectivity index (χ1) is 10.6. The summed E-state index contributed by atoms with van der Waals surface area (Å²) in [5.74, 6) is -0.517. The molecule has 0 saturated carbocycles. The van der Waals surface area contributed by atoms with Crippen LogP contribution in [-0.2, 0) is 0 Å². The molecule has 0 unspecified atom stereocenters. The summed E-state index contributed by atoms with van der Waals surface area (Å²) >= 11 is 0. The average molecular weight is 291 g/mol. The predicted octanol–water partition coefficient (Wildman–Crippen LogP) is 3.08. The molecule has 0 aliphatic carbocycles. The van der Waals surface area contributed by atoms with Crippen LogP contribution in [0.1, 0.15) is 21.6 Å². The lowest BCUT2D eigenvalue weighted by Crippen LogP contribution is -2.00. The van der Waals surface area contributed by atoms with E-state index in [1.165, 1.54) is 0 Å². The topological polar surface area (TPSA) is 89.1 Å². The Labute approximate surface area is 126 Å². The van der Waals surface area contributed by atoms with Crippen molar-refractivity contribution in [1.82, 2.24) is 9.97 Å². The molecular formula is C17H13N3O2. The van der Waals surface area contributed by atoms with E-state index in [-0.39, 0.29) is 5.56 Å². The van der Waals surface area contributed by atoms with Gasteiger partial charge in [-0.15, -0.1) is 0 Å². The number of fused-ring (bicyclic) bond motifs is 1. The van der Waals surface area contributed by atoms with Gasteiger partial charge < -0.3 is 10.8 Å². The Hall–Kier alpha value is -3.21. The van der Waals surface area contributed by atoms with Gasteiger partial charge in [0, 0.05) is 11.6 Å². The lowest BCUT2D eigenvalue weighted by molar-refractivity contribution is 0.0699. The van der Waals surface area contributed by atoms with Crippen molar-refractivity contribution in [2.45, 2.75) is 0 Å². The summed E-state index contributed by atoms with van der Waals surface area (Å²) in [4.78, 5) is 19.9. The van der Waals surface area contributed by atoms with Crippen molar-refractivity contribution in [3.05, 3.63) is 65.5 Å². The fourth-order valence-corrected chi connectivity index (χ4v) is 2.16. The molecule has 0 aliphatic heterocycles. The minimum Gasteiger partial charge on any atom is -0.478 e. The van der Waals surface area contributed by atoms with Crippen molar-refractivity contribution in [3.8, 4) is 0 Å². The summed E-state index contributed by atoms with van der Waals surface area (Å²) < 4.78 is 0. The highest BCUT2D eigenvalue weighted by atomic mass is 16.4. The number of aromatic nitrogens is 2. The van der Waals surface area contributed by atoms with Gasteiger partial charge in [-0.2, -0.15) is 0 Å². The molecule has 0 aliphatic rings. The number of aromatic carboxylic acids is 1. The maximum atomic E-state index is 11.4. The number of hydrogen-bond acceptors (Lipinski definition) is 4. The molecule has 3 N–H and O–H groups in total. The number of nitrogens with zero attached hydrogens (tertiary/aromatic N) is 2. The van der Waals surface area contributed by atoms with Crippen LogP contribution in [0.4, 0.5) is 5.82 Å². The molecule has 3 rings (SSSR count). The Kier molecular flexibility index (Phi) is 3.53. The summed E-state index contributed by atoms with van der Waals surface area (Å²) in [6.45, 7) is 0. The summed E-state index contributed by atoms with van der Waals surface area (Å²) in [5, 5.41) is 9.97. The smallest absolute Gasteiger partial charge is 0.336 e. The maximum absolute atomic E-state index is 11.4. The molecule has 108 valence electrons. The van der Waals surface area contributed by atoms with Gasteiger partial charge >= 0.3 is 5.97 Å². The minimum atomic E-state index is -0.970. The molecule has 0 saturated heterocycles. The van der Waals surface area contributed by atoms with Crippen molar-refractivity contribution < 1.29 is 9.90 Å². The van der Waals surface area contributed by atoms with Gasteiger partial charge in [0.05, 0.1) is 16.8 Å². The molecular weight excluding hydrogens is 278 g/mol. The van der Waals surface area contributed by atoms with Crippen LogP contribution in [0.3, 0.4) is 0 Å². The van der Waals surface area contributed by atoms with Gasteiger partial charge in [-0.05, 0) is 35.9 Å². The first-order valence-corrected chi connectivity index (χ1v) is 6.66. The standard InChI is InChI=1S/C17H13N3O2/c18-16-8-6-11(10-19-16)5-7-12-9-14(17(21)22)13-3-1-2-4-15(13)20-12/h1-10H,(H2,18,19)(H,21,22)/b7-5+. The van der Waals surface area contributed by atoms with E-state index >= 15 is 0 Å². The Morgan fingerprint density at radius 1 is 1.14 bits per heavy atom. The van der Waals surface area contributed by atoms with Crippen LogP contribution in [0.5, 0.6) is 0 Å². The van der Waals surface area contributed by atoms with Crippen molar-refractivity contribution in [3.63, 3.8) is 0 Å². The Morgan fingerprint density at radius 2 is 1.95 bits per heavy atom. The first-order valence-electron chi connectivity index (χ1n) is 6.66. The second-order valence-electron chi connectivity index (χ2n) is 4.77. The van der Waals surface area contributed by atoms with Gasteiger partial charge in [-0.25, -0.2) is 14.8 Å². The Morgan fingerprint density at radius 3 is 2.68 bits per heavy atom. The number of carbonyl (C=O) groups is 1. The highest BCUT2D eigenvalue weighted by Gasteiger charge is 2.10. The number of carboxylic acid groups (broad SMARTS) is 1. The number of hydrogen-bond donors (Lipinski definition) is 2. The molecule has 0 bridgehead atoms. The summed E-state index contributed by atoms with van der Waals surface area (Å²) in [6, 6.07) is 12.3. The van der Waals surface area contributed by atoms with Crippen LogP contribution >= 0.6 is 0 Å². The molecule has 2 heterocycles. The Bertz CT molecular complexity index is 871. The van der Waals surface area contributed by atoms with Crippen molar-refractivity contribution in [1.29, 1.82) is 0 Å². The van der Waals surface area contributed by atoms with E-state index in [2.05, 4.69) is 9.97 Å². The number of benzene rings is 1. The Balaban J connectivity index is 2.04. The molecule has 0 amide bonds. The number of rotatable bonds is 3. The zero-order valence-electron chi connectivity index (χ0n) is 11.6. The monoisotopic (exact) mass is 291 g/mol. The minimum absolute atomic E-state index is 0.237. The van der Waals surface area contributed by atoms with Gasteiger partial charge in [0.1, 0.15) is 5.82 Å². The zero-order chi connectivity index (χ0) is 15.5. The molecule has 5 nitrogen and oxygen atoms in total. The van der Waals surface area contributed by atoms with Crippen LogP contribution in [-0.4, -0.2) is 21.0 Å². The van der Waals surface area contributed by atoms with Crippen LogP contribution in [0.25, 0.3) is 23.1 Å². The number of nitrogen functional groups attached to an aromatic ring is 1. The number of carboxylic acids is 1. The van der Waals surface area contributed by atoms with Gasteiger partial charge in [0.15, 0.2) is 0 Å². The molecule has 0 spiro atoms. The fraction of sp³-hybridized carbons (Fsp3) is 0. The molecule has 1 aromatic carbocycles. The molecule has 0 fully saturated rings. The summed E-state index contributed by atoms with van der Waals surface area (Å²) in [6.07, 6.45) is 5.21. The molecule has 2 aromatic heterocycles. The van der Waals surface area contributed by atoms with Gasteiger partial charge in [0.25, 0.3) is 0 Å². The lowest BCUT2D eigenvalue weighted by atomic mass is 10.1. The van der Waals surface area contributed by atoms with Crippen molar-refractivity contribution in [2.24, 2.45) is 0 Å². The third kappa shape index (κ3) is 2.78. The second kappa shape index (κ2) is 5.65. The number of nitrogens with two attached hydrogens (primary N) is 1. The average Bonchev–Trinajstić information content (AvgIpc) is 2.53. The zero-order valence-corrected chi connectivity index (χ0v) is 11.6. The van der Waals surface area contributed by atoms with Crippen LogP contribution < -0.4 is 5.73 Å². The van der Waals surface area contributed by atoms with E-state index in [1.54, 1.807) is 42.6 Å². The van der Waals surface area contributed by atoms with Gasteiger partial charge in [-0.3, -0.25) is 0 Å². The SMILES string of the molecule is Nc1ccc(/C=C/c2cc(C(=O)O)c3ccccc3n2)cn1. The van der Waals surface area contributed by atoms with Crippen LogP contribution in [0.15, 0.2) is 48.7 Å². The first kappa shape index (κ1) is 13.8. The fourth-order valence-electron chi connectivity index (χ4n) is 2.16. The molecule has 3 aromatic rings. The quantitative estimate of drug-likeness (QED) is 0.774. The second-order valence-corrected chi connectivity index (χ2v) is 4.77. The van der Waals surface area contributed by atoms with E-state index in [4.69, 9.17) is 5.73 Å². The van der Waals surface area contributed by atoms with Crippen molar-refractivity contribution >= 4 is 34.8 Å². The molecule has 0 atom stereocenters. The largest absolute Gasteiger partial charge is 0.478 e. The highest BCUT2D eigenvalue weighted by molar-refractivity contribution is 6.03. The van der Waals surface area contributed by atoms with E-state index < -0.39 is 5.97 Å². The summed E-state index contributed by atoms with van der Waals surface area (Å²) in [5.41, 5.74) is 7.86. The van der Waals surface area contributed by atoms with Gasteiger partial charge in [-0.1, -0.05) is 24.3 Å². The van der Waals surface area contributed by atoms with Crippen molar-refractivity contribution in [2.75, 3.05) is 5.73 Å². The number of pyridine rings is 2. The number of para-hydroxylation sites is 1. The maximum Gasteiger partial charge on any atom is 0.336 e. The molecule has 0 radical (unpaired) electrons. The van der Waals surface area contributed by atoms with E-state index in [0.717, 1.165) is 5.56 Å². The predicted molar refractivity (Wildman–Crippen MR) is 86.3 cm³/mol. The molecule has 22 heavy (non-hydrogen) atoms. The van der Waals surface area contributed by atoms with E-state index in [9.17, 15) is 9.90 Å². The van der Waals surface area contributed by atoms with E-state index in [0.29, 0.717) is 22.4 Å². The highest BCUT2D eigenvalue weighted by Crippen LogP contribution is 2.19. The van der Waals surface area contributed by atoms with Crippen LogP contribution in [0.2, 0.25) is 0 Å².